The molecular weight excluding hydrogens is 402 g/mol. The van der Waals surface area contributed by atoms with Crippen molar-refractivity contribution >= 4 is 45.1 Å². The molecule has 4 nitrogen and oxygen atoms in total. The van der Waals surface area contributed by atoms with E-state index >= 15 is 0 Å². The van der Waals surface area contributed by atoms with Crippen LogP contribution in [0.25, 0.3) is 27.9 Å². The number of amides is 1. The van der Waals surface area contributed by atoms with E-state index in [2.05, 4.69) is 40.3 Å². The molecule has 0 saturated heterocycles. The maximum atomic E-state index is 13.2. The van der Waals surface area contributed by atoms with Gasteiger partial charge in [0.25, 0.3) is 0 Å². The normalized spacial score (nSPS) is 11.5. The van der Waals surface area contributed by atoms with Crippen LogP contribution in [0.1, 0.15) is 16.0 Å². The van der Waals surface area contributed by atoms with E-state index in [9.17, 15) is 4.79 Å². The molecule has 5 heteroatoms. The summed E-state index contributed by atoms with van der Waals surface area (Å²) in [5.74, 6) is -0.0107. The van der Waals surface area contributed by atoms with Crippen molar-refractivity contribution in [1.29, 1.82) is 0 Å². The van der Waals surface area contributed by atoms with Crippen LogP contribution in [0.2, 0.25) is 0 Å². The maximum Gasteiger partial charge on any atom is 0.247 e. The Morgan fingerprint density at radius 1 is 1.03 bits per heavy atom. The first-order valence-corrected chi connectivity index (χ1v) is 11.0. The number of carbonyl (C=O) groups excluding carboxylic acids is 1. The fourth-order valence-electron chi connectivity index (χ4n) is 3.75. The molecular formula is C26H21N3OS. The van der Waals surface area contributed by atoms with Crippen molar-refractivity contribution in [3.63, 3.8) is 0 Å². The number of rotatable bonds is 6. The summed E-state index contributed by atoms with van der Waals surface area (Å²) >= 11 is 1.67. The molecule has 0 aliphatic heterocycles. The lowest BCUT2D eigenvalue weighted by molar-refractivity contribution is -0.127. The predicted octanol–water partition coefficient (Wildman–Crippen LogP) is 6.02. The molecule has 5 aromatic rings. The van der Waals surface area contributed by atoms with E-state index in [1.165, 1.54) is 4.88 Å². The highest BCUT2D eigenvalue weighted by Crippen LogP contribution is 2.20. The van der Waals surface area contributed by atoms with Gasteiger partial charge in [-0.3, -0.25) is 9.78 Å². The smallest absolute Gasteiger partial charge is 0.247 e. The van der Waals surface area contributed by atoms with Gasteiger partial charge in [0.2, 0.25) is 5.91 Å². The Hall–Kier alpha value is -3.70. The van der Waals surface area contributed by atoms with Crippen molar-refractivity contribution in [2.75, 3.05) is 0 Å². The molecule has 1 N–H and O–H groups in total. The van der Waals surface area contributed by atoms with E-state index in [1.807, 2.05) is 59.0 Å². The van der Waals surface area contributed by atoms with Crippen LogP contribution >= 0.6 is 11.3 Å². The fourth-order valence-corrected chi connectivity index (χ4v) is 4.47. The van der Waals surface area contributed by atoms with Crippen molar-refractivity contribution < 1.29 is 4.79 Å². The molecule has 0 radical (unpaired) electrons. The average Bonchev–Trinajstić information content (AvgIpc) is 3.48. The van der Waals surface area contributed by atoms with Gasteiger partial charge in [0.15, 0.2) is 0 Å². The van der Waals surface area contributed by atoms with Crippen LogP contribution in [0, 0.1) is 0 Å². The molecule has 152 valence electrons. The van der Waals surface area contributed by atoms with Gasteiger partial charge in [-0.15, -0.1) is 11.3 Å². The Morgan fingerprint density at radius 3 is 2.87 bits per heavy atom. The van der Waals surface area contributed by atoms with Gasteiger partial charge in [0.05, 0.1) is 12.1 Å². The van der Waals surface area contributed by atoms with Gasteiger partial charge in [-0.2, -0.15) is 0 Å². The third-order valence-corrected chi connectivity index (χ3v) is 6.18. The van der Waals surface area contributed by atoms with Crippen molar-refractivity contribution in [3.05, 3.63) is 107 Å². The van der Waals surface area contributed by atoms with Crippen molar-refractivity contribution in [1.82, 2.24) is 14.9 Å². The van der Waals surface area contributed by atoms with E-state index in [4.69, 9.17) is 0 Å². The topological polar surface area (TPSA) is 49.0 Å². The van der Waals surface area contributed by atoms with Gasteiger partial charge >= 0.3 is 0 Å². The summed E-state index contributed by atoms with van der Waals surface area (Å²) in [5, 5.41) is 4.24. The second-order valence-electron chi connectivity index (χ2n) is 7.42. The predicted molar refractivity (Wildman–Crippen MR) is 128 cm³/mol. The lowest BCUT2D eigenvalue weighted by Gasteiger charge is -2.21. The second-order valence-corrected chi connectivity index (χ2v) is 8.46. The first-order valence-electron chi connectivity index (χ1n) is 10.2. The lowest BCUT2D eigenvalue weighted by Crippen LogP contribution is -2.28. The molecule has 0 bridgehead atoms. The largest absolute Gasteiger partial charge is 0.361 e. The zero-order valence-electron chi connectivity index (χ0n) is 16.9. The van der Waals surface area contributed by atoms with Crippen LogP contribution in [-0.4, -0.2) is 20.8 Å². The van der Waals surface area contributed by atoms with E-state index in [1.54, 1.807) is 23.6 Å². The SMILES string of the molecule is O=C(/C=C/c1ccnc2ccccc12)N(Cc1ccc2[nH]ccc2c1)Cc1cccs1. The van der Waals surface area contributed by atoms with Crippen LogP contribution in [0.4, 0.5) is 0 Å². The Labute approximate surface area is 184 Å². The molecule has 0 spiro atoms. The zero-order valence-corrected chi connectivity index (χ0v) is 17.7. The molecule has 0 aliphatic rings. The second kappa shape index (κ2) is 8.58. The molecule has 0 saturated carbocycles. The number of carbonyl (C=O) groups is 1. The van der Waals surface area contributed by atoms with Crippen LogP contribution in [0.15, 0.2) is 90.6 Å². The Kier molecular flexibility index (Phi) is 5.33. The summed E-state index contributed by atoms with van der Waals surface area (Å²) in [7, 11) is 0. The van der Waals surface area contributed by atoms with Gasteiger partial charge in [0.1, 0.15) is 0 Å². The minimum atomic E-state index is -0.0107. The molecule has 3 heterocycles. The Morgan fingerprint density at radius 2 is 1.97 bits per heavy atom. The third kappa shape index (κ3) is 4.27. The highest BCUT2D eigenvalue weighted by atomic mass is 32.1. The van der Waals surface area contributed by atoms with Crippen LogP contribution in [-0.2, 0) is 17.9 Å². The Balaban J connectivity index is 1.42. The lowest BCUT2D eigenvalue weighted by atomic mass is 10.1. The van der Waals surface area contributed by atoms with E-state index in [0.717, 1.165) is 32.9 Å². The monoisotopic (exact) mass is 423 g/mol. The number of aromatic nitrogens is 2. The summed E-state index contributed by atoms with van der Waals surface area (Å²) in [6.45, 7) is 1.14. The number of hydrogen-bond donors (Lipinski definition) is 1. The van der Waals surface area contributed by atoms with E-state index in [-0.39, 0.29) is 5.91 Å². The zero-order chi connectivity index (χ0) is 21.0. The summed E-state index contributed by atoms with van der Waals surface area (Å²) in [4.78, 5) is 23.9. The number of thiophene rings is 1. The minimum Gasteiger partial charge on any atom is -0.361 e. The molecule has 31 heavy (non-hydrogen) atoms. The molecule has 5 rings (SSSR count). The first-order chi connectivity index (χ1) is 15.3. The van der Waals surface area contributed by atoms with Gasteiger partial charge in [-0.25, -0.2) is 0 Å². The first kappa shape index (κ1) is 19.3. The highest BCUT2D eigenvalue weighted by molar-refractivity contribution is 7.09. The summed E-state index contributed by atoms with van der Waals surface area (Å²) in [6, 6.07) is 22.3. The summed E-state index contributed by atoms with van der Waals surface area (Å²) in [6.07, 6.45) is 7.28. The highest BCUT2D eigenvalue weighted by Gasteiger charge is 2.14. The van der Waals surface area contributed by atoms with Crippen molar-refractivity contribution in [3.8, 4) is 0 Å². The number of aromatic amines is 1. The van der Waals surface area contributed by atoms with Crippen LogP contribution < -0.4 is 0 Å². The molecule has 0 aliphatic carbocycles. The quantitative estimate of drug-likeness (QED) is 0.340. The maximum absolute atomic E-state index is 13.2. The van der Waals surface area contributed by atoms with Gasteiger partial charge in [-0.05, 0) is 64.4 Å². The molecule has 3 aromatic heterocycles. The standard InChI is InChI=1S/C26H21N3OS/c30-26(10-8-20-11-13-28-25-6-2-1-5-23(20)25)29(18-22-4-3-15-31-22)17-19-7-9-24-21(16-19)12-14-27-24/h1-16,27H,17-18H2/b10-8+. The van der Waals surface area contributed by atoms with Gasteiger partial charge < -0.3 is 9.88 Å². The number of nitrogens with one attached hydrogen (secondary N) is 1. The van der Waals surface area contributed by atoms with E-state index in [0.29, 0.717) is 13.1 Å². The number of hydrogen-bond acceptors (Lipinski definition) is 3. The molecule has 0 atom stereocenters. The molecule has 0 fully saturated rings. The summed E-state index contributed by atoms with van der Waals surface area (Å²) in [5.41, 5.74) is 4.13. The molecule has 2 aromatic carbocycles. The molecule has 1 amide bonds. The average molecular weight is 424 g/mol. The Bertz CT molecular complexity index is 1360. The van der Waals surface area contributed by atoms with Crippen LogP contribution in [0.5, 0.6) is 0 Å². The van der Waals surface area contributed by atoms with Crippen LogP contribution in [0.3, 0.4) is 0 Å². The number of fused-ring (bicyclic) bond motifs is 2. The number of para-hydroxylation sites is 1. The number of pyridine rings is 1. The fraction of sp³-hybridized carbons (Fsp3) is 0.0769. The van der Waals surface area contributed by atoms with Gasteiger partial charge in [-0.1, -0.05) is 30.3 Å². The number of nitrogens with zero attached hydrogens (tertiary/aromatic N) is 2. The molecule has 0 unspecified atom stereocenters. The van der Waals surface area contributed by atoms with Gasteiger partial charge in [0, 0.05) is 40.8 Å². The third-order valence-electron chi connectivity index (χ3n) is 5.32. The minimum absolute atomic E-state index is 0.0107. The van der Waals surface area contributed by atoms with E-state index < -0.39 is 0 Å². The number of H-pyrrole nitrogens is 1. The van der Waals surface area contributed by atoms with Crippen molar-refractivity contribution in [2.24, 2.45) is 0 Å². The number of benzene rings is 2. The summed E-state index contributed by atoms with van der Waals surface area (Å²) < 4.78 is 0. The van der Waals surface area contributed by atoms with Crippen molar-refractivity contribution in [2.45, 2.75) is 13.1 Å².